The lowest BCUT2D eigenvalue weighted by atomic mass is 10.2. The first-order valence-electron chi connectivity index (χ1n) is 9.32. The molecule has 0 aliphatic rings. The van der Waals surface area contributed by atoms with E-state index in [1.165, 1.54) is 23.6 Å². The van der Waals surface area contributed by atoms with Crippen LogP contribution in [0.3, 0.4) is 0 Å². The molecule has 0 saturated heterocycles. The SMILES string of the molecule is O=C(COc1cccc(NC(=O)c2ccco2)c1)NCc1cccnc1-n1cncn1. The molecule has 31 heavy (non-hydrogen) atoms. The fraction of sp³-hybridized carbons (Fsp3) is 0.0952. The Labute approximate surface area is 176 Å². The van der Waals surface area contributed by atoms with Gasteiger partial charge in [-0.2, -0.15) is 5.10 Å². The maximum absolute atomic E-state index is 12.2. The van der Waals surface area contributed by atoms with Crippen LogP contribution in [0.2, 0.25) is 0 Å². The number of hydrogen-bond donors (Lipinski definition) is 2. The van der Waals surface area contributed by atoms with Gasteiger partial charge in [-0.25, -0.2) is 14.6 Å². The van der Waals surface area contributed by atoms with Gasteiger partial charge in [0, 0.05) is 30.1 Å². The van der Waals surface area contributed by atoms with E-state index in [0.29, 0.717) is 17.3 Å². The van der Waals surface area contributed by atoms with Crippen LogP contribution in [0.4, 0.5) is 5.69 Å². The molecule has 4 aromatic rings. The van der Waals surface area contributed by atoms with Crippen molar-refractivity contribution < 1.29 is 18.7 Å². The van der Waals surface area contributed by atoms with Gasteiger partial charge in [-0.05, 0) is 30.3 Å². The monoisotopic (exact) mass is 418 g/mol. The summed E-state index contributed by atoms with van der Waals surface area (Å²) in [6.45, 7) is 0.0684. The molecule has 10 heteroatoms. The van der Waals surface area contributed by atoms with Gasteiger partial charge in [-0.15, -0.1) is 0 Å². The average molecular weight is 418 g/mol. The molecule has 0 bridgehead atoms. The highest BCUT2D eigenvalue weighted by Crippen LogP contribution is 2.18. The number of pyridine rings is 1. The number of rotatable bonds is 8. The molecule has 0 radical (unpaired) electrons. The van der Waals surface area contributed by atoms with Crippen molar-refractivity contribution in [1.29, 1.82) is 0 Å². The second-order valence-corrected chi connectivity index (χ2v) is 6.35. The molecule has 0 saturated carbocycles. The second-order valence-electron chi connectivity index (χ2n) is 6.35. The molecule has 0 unspecified atom stereocenters. The number of anilines is 1. The minimum atomic E-state index is -0.375. The quantitative estimate of drug-likeness (QED) is 0.449. The first kappa shape index (κ1) is 19.8. The minimum absolute atomic E-state index is 0.186. The van der Waals surface area contributed by atoms with Gasteiger partial charge in [-0.3, -0.25) is 9.59 Å². The molecule has 0 spiro atoms. The summed E-state index contributed by atoms with van der Waals surface area (Å²) in [5, 5.41) is 9.56. The van der Waals surface area contributed by atoms with Gasteiger partial charge in [0.05, 0.1) is 6.26 Å². The lowest BCUT2D eigenvalue weighted by Crippen LogP contribution is -2.29. The molecule has 0 aliphatic heterocycles. The van der Waals surface area contributed by atoms with Crippen molar-refractivity contribution in [3.05, 3.63) is 85.0 Å². The highest BCUT2D eigenvalue weighted by molar-refractivity contribution is 6.02. The summed E-state index contributed by atoms with van der Waals surface area (Å²) in [5.74, 6) is 0.544. The Hall–Kier alpha value is -4.47. The van der Waals surface area contributed by atoms with Gasteiger partial charge in [-0.1, -0.05) is 12.1 Å². The van der Waals surface area contributed by atoms with Crippen molar-refractivity contribution in [3.8, 4) is 11.6 Å². The number of carbonyl (C=O) groups is 2. The van der Waals surface area contributed by atoms with E-state index in [1.807, 2.05) is 6.07 Å². The van der Waals surface area contributed by atoms with Crippen molar-refractivity contribution in [2.45, 2.75) is 6.54 Å². The lowest BCUT2D eigenvalue weighted by Gasteiger charge is -2.11. The molecule has 0 fully saturated rings. The maximum atomic E-state index is 12.2. The van der Waals surface area contributed by atoms with Crippen molar-refractivity contribution in [2.24, 2.45) is 0 Å². The number of carbonyl (C=O) groups excluding carboxylic acids is 2. The van der Waals surface area contributed by atoms with Crippen molar-refractivity contribution in [2.75, 3.05) is 11.9 Å². The number of nitrogens with one attached hydrogen (secondary N) is 2. The fourth-order valence-corrected chi connectivity index (χ4v) is 2.75. The smallest absolute Gasteiger partial charge is 0.291 e. The summed E-state index contributed by atoms with van der Waals surface area (Å²) >= 11 is 0. The average Bonchev–Trinajstić information content (AvgIpc) is 3.51. The largest absolute Gasteiger partial charge is 0.484 e. The summed E-state index contributed by atoms with van der Waals surface area (Å²) in [5.41, 5.74) is 1.30. The van der Waals surface area contributed by atoms with E-state index in [0.717, 1.165) is 5.56 Å². The van der Waals surface area contributed by atoms with E-state index in [-0.39, 0.29) is 30.7 Å². The number of ether oxygens (including phenoxy) is 1. The van der Waals surface area contributed by atoms with Crippen molar-refractivity contribution in [3.63, 3.8) is 0 Å². The third-order valence-corrected chi connectivity index (χ3v) is 4.19. The van der Waals surface area contributed by atoms with E-state index >= 15 is 0 Å². The van der Waals surface area contributed by atoms with Crippen LogP contribution in [-0.4, -0.2) is 38.2 Å². The molecule has 2 N–H and O–H groups in total. The van der Waals surface area contributed by atoms with Crippen molar-refractivity contribution >= 4 is 17.5 Å². The second kappa shape index (κ2) is 9.35. The summed E-state index contributed by atoms with van der Waals surface area (Å²) in [6, 6.07) is 13.6. The fourth-order valence-electron chi connectivity index (χ4n) is 2.75. The van der Waals surface area contributed by atoms with E-state index in [1.54, 1.807) is 48.7 Å². The predicted octanol–water partition coefficient (Wildman–Crippen LogP) is 2.20. The van der Waals surface area contributed by atoms with Gasteiger partial charge in [0.1, 0.15) is 18.4 Å². The molecule has 2 amide bonds. The highest BCUT2D eigenvalue weighted by atomic mass is 16.5. The number of amides is 2. The van der Waals surface area contributed by atoms with Crippen LogP contribution >= 0.6 is 0 Å². The van der Waals surface area contributed by atoms with E-state index in [4.69, 9.17) is 9.15 Å². The van der Waals surface area contributed by atoms with Crippen LogP contribution in [0.1, 0.15) is 16.1 Å². The van der Waals surface area contributed by atoms with E-state index in [2.05, 4.69) is 25.7 Å². The maximum Gasteiger partial charge on any atom is 0.291 e. The summed E-state index contributed by atoms with van der Waals surface area (Å²) in [7, 11) is 0. The summed E-state index contributed by atoms with van der Waals surface area (Å²) in [4.78, 5) is 32.5. The summed E-state index contributed by atoms with van der Waals surface area (Å²) < 4.78 is 12.1. The van der Waals surface area contributed by atoms with Crippen molar-refractivity contribution in [1.82, 2.24) is 25.1 Å². The number of hydrogen-bond acceptors (Lipinski definition) is 7. The highest BCUT2D eigenvalue weighted by Gasteiger charge is 2.11. The number of aromatic nitrogens is 4. The van der Waals surface area contributed by atoms with Gasteiger partial charge >= 0.3 is 0 Å². The molecular formula is C21H18N6O4. The molecule has 156 valence electrons. The molecule has 10 nitrogen and oxygen atoms in total. The standard InChI is InChI=1S/C21H18N6O4/c28-19(24-11-15-4-2-8-23-20(15)27-14-22-13-25-27)12-31-17-6-1-5-16(10-17)26-21(29)18-7-3-9-30-18/h1-10,13-14H,11-12H2,(H,24,28)(H,26,29). The number of furan rings is 1. The van der Waals surface area contributed by atoms with E-state index in [9.17, 15) is 9.59 Å². The zero-order valence-corrected chi connectivity index (χ0v) is 16.3. The summed E-state index contributed by atoms with van der Waals surface area (Å²) in [6.07, 6.45) is 6.01. The van der Waals surface area contributed by atoms with Crippen LogP contribution in [0.15, 0.2) is 78.1 Å². The Morgan fingerprint density at radius 3 is 2.87 bits per heavy atom. The Balaban J connectivity index is 1.30. The molecular weight excluding hydrogens is 400 g/mol. The van der Waals surface area contributed by atoms with Crippen LogP contribution in [0.5, 0.6) is 5.75 Å². The Bertz CT molecular complexity index is 1160. The third-order valence-electron chi connectivity index (χ3n) is 4.19. The third kappa shape index (κ3) is 5.12. The van der Waals surface area contributed by atoms with Crippen LogP contribution in [0, 0.1) is 0 Å². The van der Waals surface area contributed by atoms with Crippen LogP contribution < -0.4 is 15.4 Å². The Morgan fingerprint density at radius 2 is 2.06 bits per heavy atom. The Kier molecular flexibility index (Phi) is 5.98. The number of benzene rings is 1. The van der Waals surface area contributed by atoms with Gasteiger partial charge in [0.25, 0.3) is 11.8 Å². The lowest BCUT2D eigenvalue weighted by molar-refractivity contribution is -0.123. The van der Waals surface area contributed by atoms with Gasteiger partial charge in [0.15, 0.2) is 18.2 Å². The Morgan fingerprint density at radius 1 is 1.13 bits per heavy atom. The van der Waals surface area contributed by atoms with Crippen LogP contribution in [-0.2, 0) is 11.3 Å². The minimum Gasteiger partial charge on any atom is -0.484 e. The molecule has 1 aromatic carbocycles. The normalized spacial score (nSPS) is 10.5. The van der Waals surface area contributed by atoms with E-state index < -0.39 is 0 Å². The first-order chi connectivity index (χ1) is 15.2. The molecule has 3 heterocycles. The molecule has 0 aliphatic carbocycles. The first-order valence-corrected chi connectivity index (χ1v) is 9.32. The zero-order valence-electron chi connectivity index (χ0n) is 16.3. The molecule has 3 aromatic heterocycles. The van der Waals surface area contributed by atoms with Gasteiger partial charge < -0.3 is 19.8 Å². The number of nitrogens with zero attached hydrogens (tertiary/aromatic N) is 4. The topological polar surface area (TPSA) is 124 Å². The van der Waals surface area contributed by atoms with Gasteiger partial charge in [0.2, 0.25) is 0 Å². The predicted molar refractivity (Wildman–Crippen MR) is 110 cm³/mol. The van der Waals surface area contributed by atoms with Crippen LogP contribution in [0.25, 0.3) is 5.82 Å². The molecule has 4 rings (SSSR count). The molecule has 0 atom stereocenters. The zero-order chi connectivity index (χ0) is 21.5.